The van der Waals surface area contributed by atoms with Gasteiger partial charge in [-0.05, 0) is 34.0 Å². The number of carbonyl (C=O) groups excluding carboxylic acids is 1. The summed E-state index contributed by atoms with van der Waals surface area (Å²) >= 11 is 0. The molecular formula is C24H26N2O3. The van der Waals surface area contributed by atoms with Crippen LogP contribution in [0.15, 0.2) is 66.7 Å². The first kappa shape index (κ1) is 19.4. The van der Waals surface area contributed by atoms with Gasteiger partial charge in [0.1, 0.15) is 5.75 Å². The first-order valence-corrected chi connectivity index (χ1v) is 10.0. The molecule has 1 saturated heterocycles. The van der Waals surface area contributed by atoms with E-state index in [0.29, 0.717) is 12.3 Å². The number of nitrogens with zero attached hydrogens (tertiary/aromatic N) is 1. The van der Waals surface area contributed by atoms with Gasteiger partial charge >= 0.3 is 0 Å². The number of rotatable bonds is 7. The van der Waals surface area contributed by atoms with Crippen molar-refractivity contribution in [3.63, 3.8) is 0 Å². The van der Waals surface area contributed by atoms with Crippen LogP contribution >= 0.6 is 0 Å². The highest BCUT2D eigenvalue weighted by atomic mass is 16.5. The normalized spacial score (nSPS) is 14.6. The van der Waals surface area contributed by atoms with Crippen LogP contribution in [0.1, 0.15) is 11.1 Å². The van der Waals surface area contributed by atoms with Crippen LogP contribution in [0.4, 0.5) is 0 Å². The SMILES string of the molecule is O=C(COc1ccc2ccccc2c1)NCc1ccccc1CN1CCOCC1. The van der Waals surface area contributed by atoms with Gasteiger partial charge in [0.15, 0.2) is 6.61 Å². The minimum Gasteiger partial charge on any atom is -0.484 e. The average molecular weight is 390 g/mol. The molecule has 0 aromatic heterocycles. The van der Waals surface area contributed by atoms with E-state index < -0.39 is 0 Å². The molecule has 1 heterocycles. The van der Waals surface area contributed by atoms with Gasteiger partial charge < -0.3 is 14.8 Å². The molecule has 0 spiro atoms. The van der Waals surface area contributed by atoms with E-state index >= 15 is 0 Å². The first-order valence-electron chi connectivity index (χ1n) is 10.0. The van der Waals surface area contributed by atoms with E-state index in [-0.39, 0.29) is 12.5 Å². The molecule has 3 aromatic rings. The Bertz CT molecular complexity index is 967. The lowest BCUT2D eigenvalue weighted by atomic mass is 10.1. The minimum absolute atomic E-state index is 0.00394. The van der Waals surface area contributed by atoms with E-state index in [4.69, 9.17) is 9.47 Å². The van der Waals surface area contributed by atoms with Crippen molar-refractivity contribution in [2.45, 2.75) is 13.1 Å². The molecule has 5 nitrogen and oxygen atoms in total. The van der Waals surface area contributed by atoms with E-state index in [0.717, 1.165) is 49.2 Å². The second kappa shape index (κ2) is 9.54. The molecule has 0 atom stereocenters. The van der Waals surface area contributed by atoms with E-state index in [2.05, 4.69) is 28.4 Å². The molecule has 1 fully saturated rings. The summed E-state index contributed by atoms with van der Waals surface area (Å²) in [6, 6.07) is 22.2. The summed E-state index contributed by atoms with van der Waals surface area (Å²) in [5, 5.41) is 5.23. The van der Waals surface area contributed by atoms with Crippen molar-refractivity contribution in [1.82, 2.24) is 10.2 Å². The van der Waals surface area contributed by atoms with Gasteiger partial charge in [-0.15, -0.1) is 0 Å². The van der Waals surface area contributed by atoms with Gasteiger partial charge in [0.2, 0.25) is 0 Å². The van der Waals surface area contributed by atoms with Gasteiger partial charge in [-0.25, -0.2) is 0 Å². The quantitative estimate of drug-likeness (QED) is 0.672. The van der Waals surface area contributed by atoms with Crippen LogP contribution in [0.25, 0.3) is 10.8 Å². The van der Waals surface area contributed by atoms with Crippen molar-refractivity contribution in [2.75, 3.05) is 32.9 Å². The molecule has 1 aliphatic heterocycles. The van der Waals surface area contributed by atoms with Crippen LogP contribution in [-0.4, -0.2) is 43.7 Å². The fourth-order valence-corrected chi connectivity index (χ4v) is 3.54. The molecule has 1 amide bonds. The van der Waals surface area contributed by atoms with Crippen molar-refractivity contribution in [3.05, 3.63) is 77.9 Å². The second-order valence-electron chi connectivity index (χ2n) is 7.23. The molecule has 29 heavy (non-hydrogen) atoms. The highest BCUT2D eigenvalue weighted by Gasteiger charge is 2.13. The molecule has 1 aliphatic rings. The monoisotopic (exact) mass is 390 g/mol. The first-order chi connectivity index (χ1) is 14.3. The lowest BCUT2D eigenvalue weighted by Gasteiger charge is -2.27. The fraction of sp³-hybridized carbons (Fsp3) is 0.292. The summed E-state index contributed by atoms with van der Waals surface area (Å²) in [7, 11) is 0. The highest BCUT2D eigenvalue weighted by molar-refractivity contribution is 5.84. The Hall–Kier alpha value is -2.89. The summed E-state index contributed by atoms with van der Waals surface area (Å²) in [6.07, 6.45) is 0. The number of hydrogen-bond acceptors (Lipinski definition) is 4. The van der Waals surface area contributed by atoms with Gasteiger partial charge in [-0.1, -0.05) is 54.6 Å². The zero-order valence-corrected chi connectivity index (χ0v) is 16.5. The predicted octanol–water partition coefficient (Wildman–Crippen LogP) is 3.37. The third-order valence-corrected chi connectivity index (χ3v) is 5.18. The summed E-state index contributed by atoms with van der Waals surface area (Å²) in [5.74, 6) is 0.575. The Morgan fingerprint density at radius 2 is 1.66 bits per heavy atom. The summed E-state index contributed by atoms with van der Waals surface area (Å²) in [5.41, 5.74) is 2.38. The molecule has 3 aromatic carbocycles. The summed E-state index contributed by atoms with van der Waals surface area (Å²) < 4.78 is 11.1. The summed E-state index contributed by atoms with van der Waals surface area (Å²) in [4.78, 5) is 14.7. The lowest BCUT2D eigenvalue weighted by molar-refractivity contribution is -0.123. The van der Waals surface area contributed by atoms with Crippen LogP contribution < -0.4 is 10.1 Å². The molecule has 0 radical (unpaired) electrons. The number of morpholine rings is 1. The number of amides is 1. The number of hydrogen-bond donors (Lipinski definition) is 1. The number of benzene rings is 3. The molecule has 0 unspecified atom stereocenters. The zero-order valence-electron chi connectivity index (χ0n) is 16.5. The third kappa shape index (κ3) is 5.34. The Kier molecular flexibility index (Phi) is 6.39. The van der Waals surface area contributed by atoms with Crippen molar-refractivity contribution in [2.24, 2.45) is 0 Å². The average Bonchev–Trinajstić information content (AvgIpc) is 2.77. The van der Waals surface area contributed by atoms with E-state index in [1.807, 2.05) is 48.5 Å². The largest absolute Gasteiger partial charge is 0.484 e. The van der Waals surface area contributed by atoms with Crippen molar-refractivity contribution in [3.8, 4) is 5.75 Å². The Labute approximate surface area is 171 Å². The van der Waals surface area contributed by atoms with E-state index in [9.17, 15) is 4.79 Å². The van der Waals surface area contributed by atoms with Gasteiger partial charge in [-0.3, -0.25) is 9.69 Å². The van der Waals surface area contributed by atoms with Crippen LogP contribution in [0.2, 0.25) is 0 Å². The van der Waals surface area contributed by atoms with E-state index in [1.54, 1.807) is 0 Å². The second-order valence-corrected chi connectivity index (χ2v) is 7.23. The standard InChI is InChI=1S/C24H26N2O3/c27-24(18-29-23-10-9-19-5-1-2-6-20(19)15-23)25-16-21-7-3-4-8-22(21)17-26-11-13-28-14-12-26/h1-10,15H,11-14,16-18H2,(H,25,27). The van der Waals surface area contributed by atoms with Gasteiger partial charge in [0, 0.05) is 26.2 Å². The van der Waals surface area contributed by atoms with Gasteiger partial charge in [-0.2, -0.15) is 0 Å². The fourth-order valence-electron chi connectivity index (χ4n) is 3.54. The van der Waals surface area contributed by atoms with Crippen LogP contribution in [-0.2, 0) is 22.6 Å². The number of nitrogens with one attached hydrogen (secondary N) is 1. The predicted molar refractivity (Wildman–Crippen MR) is 114 cm³/mol. The van der Waals surface area contributed by atoms with E-state index in [1.165, 1.54) is 5.56 Å². The Morgan fingerprint density at radius 3 is 2.48 bits per heavy atom. The molecule has 0 aliphatic carbocycles. The molecule has 5 heteroatoms. The highest BCUT2D eigenvalue weighted by Crippen LogP contribution is 2.20. The summed E-state index contributed by atoms with van der Waals surface area (Å²) in [6.45, 7) is 4.84. The number of carbonyl (C=O) groups is 1. The molecule has 4 rings (SSSR count). The number of fused-ring (bicyclic) bond motifs is 1. The molecular weight excluding hydrogens is 364 g/mol. The molecule has 150 valence electrons. The molecule has 0 saturated carbocycles. The minimum atomic E-state index is -0.126. The maximum absolute atomic E-state index is 12.3. The topological polar surface area (TPSA) is 50.8 Å². The van der Waals surface area contributed by atoms with Crippen LogP contribution in [0.5, 0.6) is 5.75 Å². The molecule has 0 bridgehead atoms. The van der Waals surface area contributed by atoms with Crippen LogP contribution in [0, 0.1) is 0 Å². The maximum Gasteiger partial charge on any atom is 0.258 e. The van der Waals surface area contributed by atoms with Gasteiger partial charge in [0.05, 0.1) is 13.2 Å². The van der Waals surface area contributed by atoms with Gasteiger partial charge in [0.25, 0.3) is 5.91 Å². The maximum atomic E-state index is 12.3. The zero-order chi connectivity index (χ0) is 19.9. The lowest BCUT2D eigenvalue weighted by Crippen LogP contribution is -2.36. The Balaban J connectivity index is 1.30. The Morgan fingerprint density at radius 1 is 0.931 bits per heavy atom. The third-order valence-electron chi connectivity index (χ3n) is 5.18. The molecule has 1 N–H and O–H groups in total. The van der Waals surface area contributed by atoms with Crippen molar-refractivity contribution < 1.29 is 14.3 Å². The van der Waals surface area contributed by atoms with Crippen molar-refractivity contribution >= 4 is 16.7 Å². The van der Waals surface area contributed by atoms with Crippen LogP contribution in [0.3, 0.4) is 0 Å². The number of ether oxygens (including phenoxy) is 2. The van der Waals surface area contributed by atoms with Crippen molar-refractivity contribution in [1.29, 1.82) is 0 Å². The smallest absolute Gasteiger partial charge is 0.258 e.